The van der Waals surface area contributed by atoms with Crippen molar-refractivity contribution in [2.24, 2.45) is 5.10 Å². The molecule has 0 amide bonds. The summed E-state index contributed by atoms with van der Waals surface area (Å²) in [6.45, 7) is 0.957. The van der Waals surface area contributed by atoms with Gasteiger partial charge in [-0.1, -0.05) is 42.5 Å². The van der Waals surface area contributed by atoms with E-state index in [0.717, 1.165) is 13.0 Å². The molecule has 0 aliphatic carbocycles. The Morgan fingerprint density at radius 3 is 2.73 bits per heavy atom. The molecule has 0 saturated heterocycles. The van der Waals surface area contributed by atoms with E-state index in [1.54, 1.807) is 0 Å². The molecule has 0 aromatic heterocycles. The molecule has 1 aliphatic heterocycles. The Hall–Kier alpha value is -1.83. The predicted octanol–water partition coefficient (Wildman–Crippen LogP) is 2.54. The van der Waals surface area contributed by atoms with Crippen molar-refractivity contribution in [1.29, 1.82) is 0 Å². The van der Waals surface area contributed by atoms with Crippen LogP contribution in [0.15, 0.2) is 47.6 Å². The molecule has 1 heterocycles. The van der Waals surface area contributed by atoms with Crippen LogP contribution in [0.25, 0.3) is 10.8 Å². The van der Waals surface area contributed by atoms with Crippen molar-refractivity contribution in [3.63, 3.8) is 0 Å². The molecule has 15 heavy (non-hydrogen) atoms. The summed E-state index contributed by atoms with van der Waals surface area (Å²) in [7, 11) is 0. The summed E-state index contributed by atoms with van der Waals surface area (Å²) in [5.74, 6) is 0. The quantitative estimate of drug-likeness (QED) is 0.744. The van der Waals surface area contributed by atoms with Crippen LogP contribution in [0.2, 0.25) is 0 Å². The molecule has 0 spiro atoms. The molecule has 0 fully saturated rings. The maximum absolute atomic E-state index is 4.32. The van der Waals surface area contributed by atoms with E-state index < -0.39 is 0 Å². The largest absolute Gasteiger partial charge is 0.309 e. The fraction of sp³-hybridized carbons (Fsp3) is 0.154. The minimum atomic E-state index is 0.957. The van der Waals surface area contributed by atoms with Gasteiger partial charge >= 0.3 is 0 Å². The highest BCUT2D eigenvalue weighted by Crippen LogP contribution is 2.20. The summed E-state index contributed by atoms with van der Waals surface area (Å²) in [6.07, 6.45) is 1.02. The first-order chi connectivity index (χ1) is 7.45. The zero-order valence-corrected chi connectivity index (χ0v) is 8.40. The number of hydrazone groups is 1. The number of fused-ring (bicyclic) bond motifs is 1. The summed E-state index contributed by atoms with van der Waals surface area (Å²) in [6, 6.07) is 14.8. The van der Waals surface area contributed by atoms with Crippen molar-refractivity contribution in [3.05, 3.63) is 48.0 Å². The van der Waals surface area contributed by atoms with Crippen LogP contribution in [0, 0.1) is 0 Å². The smallest absolute Gasteiger partial charge is 0.0699 e. The van der Waals surface area contributed by atoms with E-state index in [0.29, 0.717) is 0 Å². The topological polar surface area (TPSA) is 24.4 Å². The Bertz CT molecular complexity index is 524. The van der Waals surface area contributed by atoms with Crippen LogP contribution in [0.1, 0.15) is 12.0 Å². The number of hydrogen-bond acceptors (Lipinski definition) is 2. The molecule has 0 saturated carbocycles. The van der Waals surface area contributed by atoms with Crippen molar-refractivity contribution in [1.82, 2.24) is 5.43 Å². The van der Waals surface area contributed by atoms with E-state index in [2.05, 4.69) is 53.0 Å². The second-order valence-corrected chi connectivity index (χ2v) is 3.74. The van der Waals surface area contributed by atoms with E-state index in [1.165, 1.54) is 22.0 Å². The molecule has 2 heteroatoms. The zero-order valence-electron chi connectivity index (χ0n) is 8.40. The number of nitrogens with one attached hydrogen (secondary N) is 1. The first-order valence-corrected chi connectivity index (χ1v) is 5.23. The average Bonchev–Trinajstić information content (AvgIpc) is 2.82. The van der Waals surface area contributed by atoms with Gasteiger partial charge in [0.15, 0.2) is 0 Å². The molecule has 2 aromatic rings. The highest BCUT2D eigenvalue weighted by atomic mass is 15.3. The Kier molecular flexibility index (Phi) is 1.91. The van der Waals surface area contributed by atoms with Gasteiger partial charge in [-0.3, -0.25) is 0 Å². The molecule has 74 valence electrons. The Labute approximate surface area is 88.6 Å². The first kappa shape index (κ1) is 8.48. The normalized spacial score (nSPS) is 15.1. The lowest BCUT2D eigenvalue weighted by Gasteiger charge is -2.04. The highest BCUT2D eigenvalue weighted by Gasteiger charge is 2.11. The van der Waals surface area contributed by atoms with Gasteiger partial charge in [-0.05, 0) is 10.8 Å². The summed E-state index contributed by atoms with van der Waals surface area (Å²) in [5.41, 5.74) is 5.46. The van der Waals surface area contributed by atoms with Crippen LogP contribution in [0.5, 0.6) is 0 Å². The number of hydrogen-bond donors (Lipinski definition) is 1. The number of rotatable bonds is 1. The van der Waals surface area contributed by atoms with Gasteiger partial charge in [0.05, 0.1) is 5.71 Å². The Morgan fingerprint density at radius 1 is 1.00 bits per heavy atom. The third kappa shape index (κ3) is 1.38. The lowest BCUT2D eigenvalue weighted by Crippen LogP contribution is -1.98. The van der Waals surface area contributed by atoms with Crippen LogP contribution in [0.4, 0.5) is 0 Å². The van der Waals surface area contributed by atoms with E-state index >= 15 is 0 Å². The summed E-state index contributed by atoms with van der Waals surface area (Å²) in [5, 5.41) is 6.90. The molecule has 1 N–H and O–H groups in total. The minimum Gasteiger partial charge on any atom is -0.309 e. The lowest BCUT2D eigenvalue weighted by atomic mass is 10.00. The molecule has 0 atom stereocenters. The fourth-order valence-electron chi connectivity index (χ4n) is 2.05. The van der Waals surface area contributed by atoms with E-state index in [-0.39, 0.29) is 0 Å². The van der Waals surface area contributed by atoms with Crippen molar-refractivity contribution in [3.8, 4) is 0 Å². The maximum atomic E-state index is 4.32. The Balaban J connectivity index is 2.26. The van der Waals surface area contributed by atoms with Crippen LogP contribution < -0.4 is 5.43 Å². The van der Waals surface area contributed by atoms with Crippen molar-refractivity contribution in [2.45, 2.75) is 6.42 Å². The van der Waals surface area contributed by atoms with Crippen molar-refractivity contribution >= 4 is 16.5 Å². The van der Waals surface area contributed by atoms with Gasteiger partial charge < -0.3 is 5.43 Å². The van der Waals surface area contributed by atoms with Gasteiger partial charge in [-0.2, -0.15) is 5.10 Å². The number of nitrogens with zero attached hydrogens (tertiary/aromatic N) is 1. The molecule has 1 aliphatic rings. The highest BCUT2D eigenvalue weighted by molar-refractivity contribution is 6.11. The van der Waals surface area contributed by atoms with Crippen LogP contribution >= 0.6 is 0 Å². The molecule has 0 radical (unpaired) electrons. The van der Waals surface area contributed by atoms with Gasteiger partial charge in [0.2, 0.25) is 0 Å². The zero-order chi connectivity index (χ0) is 10.1. The Morgan fingerprint density at radius 2 is 1.87 bits per heavy atom. The van der Waals surface area contributed by atoms with E-state index in [1.807, 2.05) is 0 Å². The lowest BCUT2D eigenvalue weighted by molar-refractivity contribution is 0.813. The third-order valence-corrected chi connectivity index (χ3v) is 2.79. The SMILES string of the molecule is c1ccc2c(C3=NNCC3)cccc2c1. The van der Waals surface area contributed by atoms with E-state index in [9.17, 15) is 0 Å². The molecular formula is C13H12N2. The monoisotopic (exact) mass is 196 g/mol. The fourth-order valence-corrected chi connectivity index (χ4v) is 2.05. The second-order valence-electron chi connectivity index (χ2n) is 3.74. The van der Waals surface area contributed by atoms with Crippen molar-refractivity contribution in [2.75, 3.05) is 6.54 Å². The number of benzene rings is 2. The standard InChI is InChI=1S/C13H12N2/c1-2-6-11-10(4-1)5-3-7-12(11)13-8-9-14-15-13/h1-7,14H,8-9H2. The predicted molar refractivity (Wildman–Crippen MR) is 63.1 cm³/mol. The van der Waals surface area contributed by atoms with Gasteiger partial charge in [-0.25, -0.2) is 0 Å². The molecule has 0 unspecified atom stereocenters. The average molecular weight is 196 g/mol. The van der Waals surface area contributed by atoms with E-state index in [4.69, 9.17) is 0 Å². The van der Waals surface area contributed by atoms with Crippen LogP contribution in [-0.4, -0.2) is 12.3 Å². The van der Waals surface area contributed by atoms with Gasteiger partial charge in [0, 0.05) is 18.5 Å². The van der Waals surface area contributed by atoms with Gasteiger partial charge in [-0.15, -0.1) is 0 Å². The van der Waals surface area contributed by atoms with Crippen molar-refractivity contribution < 1.29 is 0 Å². The molecule has 2 nitrogen and oxygen atoms in total. The summed E-state index contributed by atoms with van der Waals surface area (Å²) < 4.78 is 0. The molecular weight excluding hydrogens is 184 g/mol. The summed E-state index contributed by atoms with van der Waals surface area (Å²) >= 11 is 0. The molecule has 0 bridgehead atoms. The van der Waals surface area contributed by atoms with Crippen LogP contribution in [-0.2, 0) is 0 Å². The maximum Gasteiger partial charge on any atom is 0.0699 e. The minimum absolute atomic E-state index is 0.957. The molecule has 2 aromatic carbocycles. The first-order valence-electron chi connectivity index (χ1n) is 5.23. The third-order valence-electron chi connectivity index (χ3n) is 2.79. The van der Waals surface area contributed by atoms with Gasteiger partial charge in [0.1, 0.15) is 0 Å². The summed E-state index contributed by atoms with van der Waals surface area (Å²) in [4.78, 5) is 0. The molecule has 3 rings (SSSR count). The second kappa shape index (κ2) is 3.39. The van der Waals surface area contributed by atoms with Crippen LogP contribution in [0.3, 0.4) is 0 Å². The van der Waals surface area contributed by atoms with Gasteiger partial charge in [0.25, 0.3) is 0 Å².